The van der Waals surface area contributed by atoms with E-state index >= 15 is 0 Å². The summed E-state index contributed by atoms with van der Waals surface area (Å²) in [5.74, 6) is -1.32. The molecule has 2 rings (SSSR count). The number of phenolic OH excluding ortho intramolecular Hbond substituents is 1. The van der Waals surface area contributed by atoms with Gasteiger partial charge in [-0.3, -0.25) is 14.9 Å². The van der Waals surface area contributed by atoms with Gasteiger partial charge in [-0.2, -0.15) is 4.68 Å². The van der Waals surface area contributed by atoms with Gasteiger partial charge in [0.1, 0.15) is 18.0 Å². The largest absolute Gasteiger partial charge is 0.508 e. The zero-order valence-electron chi connectivity index (χ0n) is 15.2. The fourth-order valence-electron chi connectivity index (χ4n) is 2.64. The maximum atomic E-state index is 12.3. The lowest BCUT2D eigenvalue weighted by Gasteiger charge is -2.14. The predicted octanol–water partition coefficient (Wildman–Crippen LogP) is 2.78. The monoisotopic (exact) mass is 377 g/mol. The van der Waals surface area contributed by atoms with Gasteiger partial charge in [-0.25, -0.2) is 0 Å². The van der Waals surface area contributed by atoms with Gasteiger partial charge in [0.25, 0.3) is 0 Å². The lowest BCUT2D eigenvalue weighted by Crippen LogP contribution is -2.21. The minimum absolute atomic E-state index is 0.0277. The number of phenols is 1. The van der Waals surface area contributed by atoms with E-state index in [1.54, 1.807) is 13.0 Å². The number of nitrogens with zero attached hydrogens (tertiary/aromatic N) is 4. The van der Waals surface area contributed by atoms with E-state index in [4.69, 9.17) is 0 Å². The van der Waals surface area contributed by atoms with Gasteiger partial charge in [0.15, 0.2) is 0 Å². The summed E-state index contributed by atoms with van der Waals surface area (Å²) in [5, 5.41) is 38.2. The molecule has 11 nitrogen and oxygen atoms in total. The number of benzene rings is 1. The summed E-state index contributed by atoms with van der Waals surface area (Å²) < 4.78 is 0.921. The van der Waals surface area contributed by atoms with E-state index in [0.29, 0.717) is 16.8 Å². The number of aromatic hydroxyl groups is 1. The van der Waals surface area contributed by atoms with Crippen molar-refractivity contribution in [2.45, 2.75) is 40.2 Å². The zero-order valence-corrected chi connectivity index (χ0v) is 15.2. The van der Waals surface area contributed by atoms with Crippen LogP contribution in [0.5, 0.6) is 5.75 Å². The third kappa shape index (κ3) is 4.02. The van der Waals surface area contributed by atoms with E-state index in [1.165, 1.54) is 13.0 Å². The van der Waals surface area contributed by atoms with E-state index in [0.717, 1.165) is 4.68 Å². The second-order valence-corrected chi connectivity index (χ2v) is 6.36. The molecular weight excluding hydrogens is 358 g/mol. The maximum absolute atomic E-state index is 12.3. The molecule has 144 valence electrons. The van der Waals surface area contributed by atoms with Gasteiger partial charge < -0.3 is 20.5 Å². The molecule has 1 aromatic carbocycles. The van der Waals surface area contributed by atoms with Crippen LogP contribution in [0.15, 0.2) is 12.1 Å². The van der Waals surface area contributed by atoms with Gasteiger partial charge in [-0.05, 0) is 47.9 Å². The summed E-state index contributed by atoms with van der Waals surface area (Å²) in [4.78, 5) is 32.5. The molecule has 1 heterocycles. The molecule has 0 aliphatic heterocycles. The Morgan fingerprint density at radius 3 is 2.37 bits per heavy atom. The Labute approximate surface area is 153 Å². The van der Waals surface area contributed by atoms with Crippen LogP contribution in [0.3, 0.4) is 0 Å². The highest BCUT2D eigenvalue weighted by molar-refractivity contribution is 5.91. The van der Waals surface area contributed by atoms with Gasteiger partial charge in [0, 0.05) is 5.69 Å². The maximum Gasteiger partial charge on any atom is 0.468 e. The first-order valence-electron chi connectivity index (χ1n) is 8.02. The van der Waals surface area contributed by atoms with Crippen molar-refractivity contribution < 1.29 is 19.7 Å². The van der Waals surface area contributed by atoms with Crippen LogP contribution in [0, 0.1) is 34.1 Å². The molecule has 0 aliphatic rings. The third-order valence-electron chi connectivity index (χ3n) is 4.08. The molecule has 0 saturated heterocycles. The summed E-state index contributed by atoms with van der Waals surface area (Å²) in [5.41, 5.74) is 0.912. The summed E-state index contributed by atoms with van der Waals surface area (Å²) >= 11 is 0. The molecule has 27 heavy (non-hydrogen) atoms. The van der Waals surface area contributed by atoms with Gasteiger partial charge in [-0.15, -0.1) is 0 Å². The first-order chi connectivity index (χ1) is 12.5. The van der Waals surface area contributed by atoms with Gasteiger partial charge >= 0.3 is 11.5 Å². The average molecular weight is 377 g/mol. The van der Waals surface area contributed by atoms with Crippen molar-refractivity contribution in [3.8, 4) is 5.75 Å². The number of hydrogen-bond donors (Lipinski definition) is 2. The molecule has 0 bridgehead atoms. The standard InChI is InChI=1S/C16H19N5O6/c1-8(2)11-6-12(9(3)5-13(11)22)17-14(23)7-19-10(4)15(20(24)25)16(18-19)21(26)27/h5-6,8,22H,7H2,1-4H3,(H,17,23). The van der Waals surface area contributed by atoms with Gasteiger partial charge in [0.05, 0.1) is 10.0 Å². The summed E-state index contributed by atoms with van der Waals surface area (Å²) in [7, 11) is 0. The number of nitrogens with one attached hydrogen (secondary N) is 1. The van der Waals surface area contributed by atoms with Crippen molar-refractivity contribution in [3.05, 3.63) is 49.2 Å². The van der Waals surface area contributed by atoms with Crippen molar-refractivity contribution >= 4 is 23.1 Å². The van der Waals surface area contributed by atoms with Crippen molar-refractivity contribution in [2.24, 2.45) is 0 Å². The normalized spacial score (nSPS) is 10.9. The van der Waals surface area contributed by atoms with E-state index in [9.17, 15) is 30.1 Å². The molecule has 1 aromatic heterocycles. The third-order valence-corrected chi connectivity index (χ3v) is 4.08. The van der Waals surface area contributed by atoms with Crippen LogP contribution < -0.4 is 5.32 Å². The molecule has 0 unspecified atom stereocenters. The van der Waals surface area contributed by atoms with E-state index < -0.39 is 33.8 Å². The highest BCUT2D eigenvalue weighted by Crippen LogP contribution is 2.32. The average Bonchev–Trinajstić information content (AvgIpc) is 2.86. The van der Waals surface area contributed by atoms with Crippen LogP contribution >= 0.6 is 0 Å². The van der Waals surface area contributed by atoms with Gasteiger partial charge in [0.2, 0.25) is 5.91 Å². The highest BCUT2D eigenvalue weighted by atomic mass is 16.6. The number of hydrogen-bond acceptors (Lipinski definition) is 7. The lowest BCUT2D eigenvalue weighted by atomic mass is 9.99. The second-order valence-electron chi connectivity index (χ2n) is 6.36. The molecule has 2 aromatic rings. The number of rotatable bonds is 6. The van der Waals surface area contributed by atoms with Crippen LogP contribution in [0.4, 0.5) is 17.2 Å². The molecule has 0 aliphatic carbocycles. The number of carbonyl (C=O) groups is 1. The molecule has 0 radical (unpaired) electrons. The Balaban J connectivity index is 2.29. The summed E-state index contributed by atoms with van der Waals surface area (Å²) in [6, 6.07) is 3.17. The number of nitro groups is 2. The lowest BCUT2D eigenvalue weighted by molar-refractivity contribution is -0.424. The smallest absolute Gasteiger partial charge is 0.468 e. The Morgan fingerprint density at radius 1 is 1.26 bits per heavy atom. The molecule has 0 fully saturated rings. The molecular formula is C16H19N5O6. The predicted molar refractivity (Wildman–Crippen MR) is 95.8 cm³/mol. The SMILES string of the molecule is Cc1cc(O)c(C(C)C)cc1NC(=O)Cn1nc([N+](=O)[O-])c([N+](=O)[O-])c1C. The Kier molecular flexibility index (Phi) is 5.43. The van der Waals surface area contributed by atoms with Crippen LogP contribution in [-0.2, 0) is 11.3 Å². The van der Waals surface area contributed by atoms with E-state index in [2.05, 4.69) is 10.4 Å². The molecule has 0 saturated carbocycles. The van der Waals surface area contributed by atoms with Crippen molar-refractivity contribution in [3.63, 3.8) is 0 Å². The number of aryl methyl sites for hydroxylation is 1. The van der Waals surface area contributed by atoms with Crippen molar-refractivity contribution in [2.75, 3.05) is 5.32 Å². The second kappa shape index (κ2) is 7.40. The number of anilines is 1. The Morgan fingerprint density at radius 2 is 1.89 bits per heavy atom. The summed E-state index contributed by atoms with van der Waals surface area (Å²) in [6.45, 7) is 6.34. The van der Waals surface area contributed by atoms with E-state index in [-0.39, 0.29) is 17.4 Å². The van der Waals surface area contributed by atoms with Crippen LogP contribution in [0.2, 0.25) is 0 Å². The molecule has 0 spiro atoms. The topological polar surface area (TPSA) is 153 Å². The van der Waals surface area contributed by atoms with Crippen LogP contribution in [0.1, 0.15) is 36.6 Å². The molecule has 2 N–H and O–H groups in total. The number of amides is 1. The first-order valence-corrected chi connectivity index (χ1v) is 8.02. The van der Waals surface area contributed by atoms with Crippen LogP contribution in [0.25, 0.3) is 0 Å². The fraction of sp³-hybridized carbons (Fsp3) is 0.375. The molecule has 11 heteroatoms. The fourth-order valence-corrected chi connectivity index (χ4v) is 2.64. The summed E-state index contributed by atoms with van der Waals surface area (Å²) in [6.07, 6.45) is 0. The minimum atomic E-state index is -0.960. The molecule has 1 amide bonds. The van der Waals surface area contributed by atoms with Gasteiger partial charge in [-0.1, -0.05) is 13.8 Å². The van der Waals surface area contributed by atoms with E-state index in [1.807, 2.05) is 13.8 Å². The molecule has 0 atom stereocenters. The first kappa shape index (κ1) is 19.8. The van der Waals surface area contributed by atoms with Crippen LogP contribution in [-0.4, -0.2) is 30.6 Å². The zero-order chi connectivity index (χ0) is 20.5. The minimum Gasteiger partial charge on any atom is -0.508 e. The number of aromatic nitrogens is 2. The van der Waals surface area contributed by atoms with Crippen molar-refractivity contribution in [1.29, 1.82) is 0 Å². The quantitative estimate of drug-likeness (QED) is 0.445. The Bertz CT molecular complexity index is 934. The van der Waals surface area contributed by atoms with Crippen molar-refractivity contribution in [1.82, 2.24) is 9.78 Å². The highest BCUT2D eigenvalue weighted by Gasteiger charge is 2.35. The number of carbonyl (C=O) groups excluding carboxylic acids is 1. The Hall–Kier alpha value is -3.50.